The van der Waals surface area contributed by atoms with Gasteiger partial charge in [-0.2, -0.15) is 0 Å². The van der Waals surface area contributed by atoms with E-state index in [-0.39, 0.29) is 5.78 Å². The predicted molar refractivity (Wildman–Crippen MR) is 62.4 cm³/mol. The Morgan fingerprint density at radius 2 is 2.56 bits per heavy atom. The second-order valence-electron chi connectivity index (χ2n) is 4.38. The van der Waals surface area contributed by atoms with Crippen molar-refractivity contribution in [3.8, 4) is 0 Å². The van der Waals surface area contributed by atoms with Crippen molar-refractivity contribution >= 4 is 5.78 Å². The Hall–Kier alpha value is -1.16. The topological polar surface area (TPSA) is 46.9 Å². The van der Waals surface area contributed by atoms with Crippen molar-refractivity contribution in [1.29, 1.82) is 0 Å². The fourth-order valence-electron chi connectivity index (χ4n) is 2.27. The average molecular weight is 221 g/mol. The van der Waals surface area contributed by atoms with Crippen LogP contribution < -0.4 is 5.32 Å². The first kappa shape index (κ1) is 11.3. The zero-order valence-corrected chi connectivity index (χ0v) is 9.78. The molecule has 0 amide bonds. The van der Waals surface area contributed by atoms with Crippen molar-refractivity contribution in [2.75, 3.05) is 13.1 Å². The first-order valence-corrected chi connectivity index (χ1v) is 6.06. The van der Waals surface area contributed by atoms with Gasteiger partial charge in [0.25, 0.3) is 0 Å². The van der Waals surface area contributed by atoms with Crippen LogP contribution in [-0.4, -0.2) is 28.4 Å². The van der Waals surface area contributed by atoms with Gasteiger partial charge in [0.2, 0.25) is 0 Å². The lowest BCUT2D eigenvalue weighted by Gasteiger charge is -2.21. The molecule has 1 fully saturated rings. The smallest absolute Gasteiger partial charge is 0.198 e. The molecule has 4 nitrogen and oxygen atoms in total. The van der Waals surface area contributed by atoms with Crippen LogP contribution in [0.5, 0.6) is 0 Å². The molecule has 1 aliphatic rings. The monoisotopic (exact) mass is 221 g/mol. The molecule has 4 heteroatoms. The van der Waals surface area contributed by atoms with Crippen LogP contribution >= 0.6 is 0 Å². The van der Waals surface area contributed by atoms with Crippen LogP contribution in [-0.2, 0) is 6.54 Å². The Kier molecular flexibility index (Phi) is 3.72. The summed E-state index contributed by atoms with van der Waals surface area (Å²) < 4.78 is 1.92. The number of nitrogens with one attached hydrogen (secondary N) is 1. The third-order valence-electron chi connectivity index (χ3n) is 3.18. The molecule has 0 spiro atoms. The van der Waals surface area contributed by atoms with Gasteiger partial charge in [0.1, 0.15) is 0 Å². The normalized spacial score (nSPS) is 20.9. The van der Waals surface area contributed by atoms with Gasteiger partial charge in [-0.3, -0.25) is 4.79 Å². The molecule has 2 heterocycles. The molecule has 1 aromatic rings. The van der Waals surface area contributed by atoms with Gasteiger partial charge >= 0.3 is 0 Å². The van der Waals surface area contributed by atoms with Crippen molar-refractivity contribution in [3.05, 3.63) is 18.2 Å². The van der Waals surface area contributed by atoms with Crippen LogP contribution in [0.2, 0.25) is 0 Å². The zero-order chi connectivity index (χ0) is 11.4. The Morgan fingerprint density at radius 1 is 1.69 bits per heavy atom. The van der Waals surface area contributed by atoms with Gasteiger partial charge in [-0.25, -0.2) is 4.98 Å². The molecule has 0 aromatic carbocycles. The first-order chi connectivity index (χ1) is 7.81. The van der Waals surface area contributed by atoms with Crippen molar-refractivity contribution in [1.82, 2.24) is 14.9 Å². The number of carbonyl (C=O) groups excluding carboxylic acids is 1. The second-order valence-corrected chi connectivity index (χ2v) is 4.38. The Morgan fingerprint density at radius 3 is 3.25 bits per heavy atom. The zero-order valence-electron chi connectivity index (χ0n) is 9.78. The molecule has 0 aliphatic carbocycles. The Bertz CT molecular complexity index is 353. The highest BCUT2D eigenvalue weighted by Gasteiger charge is 2.20. The molecular weight excluding hydrogens is 202 g/mol. The van der Waals surface area contributed by atoms with Gasteiger partial charge in [-0.05, 0) is 38.8 Å². The number of hydrogen-bond acceptors (Lipinski definition) is 3. The Labute approximate surface area is 96.1 Å². The maximum atomic E-state index is 12.0. The molecule has 1 N–H and O–H groups in total. The maximum absolute atomic E-state index is 12.0. The fourth-order valence-corrected chi connectivity index (χ4v) is 2.27. The van der Waals surface area contributed by atoms with Crippen molar-refractivity contribution in [3.63, 3.8) is 0 Å². The van der Waals surface area contributed by atoms with Gasteiger partial charge in [0.15, 0.2) is 11.6 Å². The third kappa shape index (κ3) is 2.50. The molecule has 1 aliphatic heterocycles. The fraction of sp³-hybridized carbons (Fsp3) is 0.667. The largest absolute Gasteiger partial charge is 0.329 e. The minimum Gasteiger partial charge on any atom is -0.329 e. The molecule has 1 unspecified atom stereocenters. The van der Waals surface area contributed by atoms with Gasteiger partial charge in [0.05, 0.1) is 0 Å². The van der Waals surface area contributed by atoms with E-state index in [9.17, 15) is 4.79 Å². The number of aryl methyl sites for hydroxylation is 1. The summed E-state index contributed by atoms with van der Waals surface area (Å²) >= 11 is 0. The van der Waals surface area contributed by atoms with Crippen LogP contribution in [0.4, 0.5) is 0 Å². The number of Topliss-reactive ketones (excluding diaryl/α,β-unsaturated/α-hetero) is 1. The van der Waals surface area contributed by atoms with Gasteiger partial charge in [-0.15, -0.1) is 0 Å². The molecule has 0 radical (unpaired) electrons. The van der Waals surface area contributed by atoms with E-state index in [1.165, 1.54) is 6.42 Å². The van der Waals surface area contributed by atoms with Crippen LogP contribution in [0.3, 0.4) is 0 Å². The number of imidazole rings is 1. The molecule has 1 aromatic heterocycles. The summed E-state index contributed by atoms with van der Waals surface area (Å²) in [6, 6.07) is 0. The van der Waals surface area contributed by atoms with E-state index < -0.39 is 0 Å². The highest BCUT2D eigenvalue weighted by molar-refractivity contribution is 5.92. The number of carbonyl (C=O) groups is 1. The van der Waals surface area contributed by atoms with Crippen molar-refractivity contribution < 1.29 is 4.79 Å². The summed E-state index contributed by atoms with van der Waals surface area (Å²) in [5.74, 6) is 1.29. The number of ketones is 1. The van der Waals surface area contributed by atoms with Crippen LogP contribution in [0.15, 0.2) is 12.4 Å². The standard InChI is InChI=1S/C12H19N3O/c1-2-15-7-6-14-12(15)11(16)8-10-4-3-5-13-9-10/h6-7,10,13H,2-5,8-9H2,1H3. The minimum atomic E-state index is 0.181. The van der Waals surface area contributed by atoms with E-state index in [1.807, 2.05) is 17.7 Å². The summed E-state index contributed by atoms with van der Waals surface area (Å²) in [7, 11) is 0. The quantitative estimate of drug-likeness (QED) is 0.783. The van der Waals surface area contributed by atoms with Crippen LogP contribution in [0.1, 0.15) is 36.8 Å². The van der Waals surface area contributed by atoms with E-state index in [4.69, 9.17) is 0 Å². The molecule has 1 saturated heterocycles. The highest BCUT2D eigenvalue weighted by atomic mass is 16.1. The van der Waals surface area contributed by atoms with Crippen LogP contribution in [0.25, 0.3) is 0 Å². The SMILES string of the molecule is CCn1ccnc1C(=O)CC1CCCNC1. The highest BCUT2D eigenvalue weighted by Crippen LogP contribution is 2.16. The molecule has 0 saturated carbocycles. The van der Waals surface area contributed by atoms with Crippen molar-refractivity contribution in [2.24, 2.45) is 5.92 Å². The van der Waals surface area contributed by atoms with E-state index in [0.717, 1.165) is 26.1 Å². The number of aromatic nitrogens is 2. The average Bonchev–Trinajstić information content (AvgIpc) is 2.78. The maximum Gasteiger partial charge on any atom is 0.198 e. The van der Waals surface area contributed by atoms with Gasteiger partial charge < -0.3 is 9.88 Å². The number of nitrogens with zero attached hydrogens (tertiary/aromatic N) is 2. The van der Waals surface area contributed by atoms with E-state index in [1.54, 1.807) is 6.20 Å². The third-order valence-corrected chi connectivity index (χ3v) is 3.18. The summed E-state index contributed by atoms with van der Waals surface area (Å²) in [6.07, 6.45) is 6.54. The summed E-state index contributed by atoms with van der Waals surface area (Å²) in [5, 5.41) is 3.33. The molecular formula is C12H19N3O. The van der Waals surface area contributed by atoms with E-state index in [2.05, 4.69) is 10.3 Å². The summed E-state index contributed by atoms with van der Waals surface area (Å²) in [4.78, 5) is 16.2. The molecule has 2 rings (SSSR count). The van der Waals surface area contributed by atoms with E-state index in [0.29, 0.717) is 18.2 Å². The van der Waals surface area contributed by atoms with Crippen LogP contribution in [0, 0.1) is 5.92 Å². The summed E-state index contributed by atoms with van der Waals surface area (Å²) in [6.45, 7) is 4.90. The first-order valence-electron chi connectivity index (χ1n) is 6.06. The molecule has 0 bridgehead atoms. The lowest BCUT2D eigenvalue weighted by Crippen LogP contribution is -2.31. The number of piperidine rings is 1. The lowest BCUT2D eigenvalue weighted by molar-refractivity contribution is 0.0939. The lowest BCUT2D eigenvalue weighted by atomic mass is 9.94. The Balaban J connectivity index is 1.96. The number of rotatable bonds is 4. The number of hydrogen-bond donors (Lipinski definition) is 1. The predicted octanol–water partition coefficient (Wildman–Crippen LogP) is 1.48. The second kappa shape index (κ2) is 5.25. The molecule has 1 atom stereocenters. The van der Waals surface area contributed by atoms with E-state index >= 15 is 0 Å². The molecule has 16 heavy (non-hydrogen) atoms. The van der Waals surface area contributed by atoms with Gasteiger partial charge in [-0.1, -0.05) is 0 Å². The molecule has 88 valence electrons. The van der Waals surface area contributed by atoms with Crippen molar-refractivity contribution in [2.45, 2.75) is 32.7 Å². The minimum absolute atomic E-state index is 0.181. The van der Waals surface area contributed by atoms with Gasteiger partial charge in [0, 0.05) is 25.4 Å². The summed E-state index contributed by atoms with van der Waals surface area (Å²) in [5.41, 5.74) is 0.